The van der Waals surface area contributed by atoms with E-state index in [0.717, 1.165) is 41.1 Å². The van der Waals surface area contributed by atoms with Crippen molar-refractivity contribution in [2.45, 2.75) is 46.1 Å². The molecule has 0 N–H and O–H groups in total. The molecule has 3 aromatic rings. The summed E-state index contributed by atoms with van der Waals surface area (Å²) in [7, 11) is 0. The molecule has 4 rings (SSSR count). The van der Waals surface area contributed by atoms with E-state index in [-0.39, 0.29) is 12.7 Å². The summed E-state index contributed by atoms with van der Waals surface area (Å²) in [6, 6.07) is 13.7. The van der Waals surface area contributed by atoms with E-state index >= 15 is 0 Å². The molecule has 7 heteroatoms. The van der Waals surface area contributed by atoms with Crippen LogP contribution in [0.25, 0.3) is 22.3 Å². The van der Waals surface area contributed by atoms with Gasteiger partial charge in [-0.15, -0.1) is 11.3 Å². The number of hydrogen-bond donors (Lipinski definition) is 0. The lowest BCUT2D eigenvalue weighted by molar-refractivity contribution is -0.165. The topological polar surface area (TPSA) is 70.4 Å². The van der Waals surface area contributed by atoms with Crippen LogP contribution in [0.4, 0.5) is 0 Å². The van der Waals surface area contributed by atoms with Crippen molar-refractivity contribution in [1.82, 2.24) is 9.78 Å². The van der Waals surface area contributed by atoms with Crippen LogP contribution in [-0.4, -0.2) is 34.4 Å². The maximum atomic E-state index is 12.4. The van der Waals surface area contributed by atoms with Gasteiger partial charge in [-0.25, -0.2) is 14.3 Å². The number of carbonyl (C=O) groups is 2. The van der Waals surface area contributed by atoms with E-state index in [1.165, 1.54) is 6.08 Å². The second kappa shape index (κ2) is 11.5. The number of rotatable bonds is 8. The summed E-state index contributed by atoms with van der Waals surface area (Å²) in [5.74, 6) is 0.238. The van der Waals surface area contributed by atoms with Gasteiger partial charge in [0.2, 0.25) is 0 Å². The van der Waals surface area contributed by atoms with Gasteiger partial charge in [0, 0.05) is 17.8 Å². The van der Waals surface area contributed by atoms with Crippen LogP contribution in [0.15, 0.2) is 60.1 Å². The van der Waals surface area contributed by atoms with Crippen molar-refractivity contribution in [2.75, 3.05) is 6.61 Å². The number of esters is 2. The number of benzene rings is 1. The fraction of sp³-hybridized carbons (Fsp3) is 0.393. The molecule has 0 aliphatic heterocycles. The van der Waals surface area contributed by atoms with Crippen molar-refractivity contribution in [2.24, 2.45) is 17.8 Å². The van der Waals surface area contributed by atoms with E-state index in [2.05, 4.69) is 20.8 Å². The molecule has 2 heterocycles. The van der Waals surface area contributed by atoms with Gasteiger partial charge in [0.1, 0.15) is 11.8 Å². The van der Waals surface area contributed by atoms with Crippen LogP contribution in [0.3, 0.4) is 0 Å². The molecule has 35 heavy (non-hydrogen) atoms. The second-order valence-electron chi connectivity index (χ2n) is 9.49. The molecule has 1 aliphatic carbocycles. The first-order valence-electron chi connectivity index (χ1n) is 12.1. The molecule has 2 aromatic heterocycles. The highest BCUT2D eigenvalue weighted by atomic mass is 32.1. The summed E-state index contributed by atoms with van der Waals surface area (Å²) in [5, 5.41) is 6.70. The van der Waals surface area contributed by atoms with Crippen LogP contribution < -0.4 is 0 Å². The third kappa shape index (κ3) is 6.48. The van der Waals surface area contributed by atoms with E-state index in [4.69, 9.17) is 14.6 Å². The van der Waals surface area contributed by atoms with Gasteiger partial charge in [0.15, 0.2) is 6.61 Å². The minimum atomic E-state index is -0.594. The Hall–Kier alpha value is -3.19. The van der Waals surface area contributed by atoms with Gasteiger partial charge in [-0.1, -0.05) is 51.5 Å². The number of hydrogen-bond acceptors (Lipinski definition) is 6. The third-order valence-electron chi connectivity index (χ3n) is 6.49. The average molecular weight is 493 g/mol. The van der Waals surface area contributed by atoms with Crippen molar-refractivity contribution in [3.05, 3.63) is 65.7 Å². The summed E-state index contributed by atoms with van der Waals surface area (Å²) in [5.41, 5.74) is 2.48. The summed E-state index contributed by atoms with van der Waals surface area (Å²) >= 11 is 1.58. The van der Waals surface area contributed by atoms with E-state index in [9.17, 15) is 9.59 Å². The highest BCUT2D eigenvalue weighted by Gasteiger charge is 2.33. The Labute approximate surface area is 210 Å². The Balaban J connectivity index is 1.39. The Kier molecular flexibility index (Phi) is 8.18. The molecule has 3 unspecified atom stereocenters. The van der Waals surface area contributed by atoms with Gasteiger partial charge in [0.05, 0.1) is 10.6 Å². The monoisotopic (exact) mass is 492 g/mol. The molecule has 3 atom stereocenters. The largest absolute Gasteiger partial charge is 0.460 e. The average Bonchev–Trinajstić information content (AvgIpc) is 3.52. The first-order chi connectivity index (χ1) is 16.9. The zero-order valence-electron chi connectivity index (χ0n) is 20.4. The van der Waals surface area contributed by atoms with Gasteiger partial charge >= 0.3 is 11.9 Å². The quantitative estimate of drug-likeness (QED) is 0.278. The zero-order valence-corrected chi connectivity index (χ0v) is 21.2. The first kappa shape index (κ1) is 24.9. The molecule has 1 aliphatic rings. The second-order valence-corrected chi connectivity index (χ2v) is 10.4. The van der Waals surface area contributed by atoms with Crippen LogP contribution in [0, 0.1) is 17.8 Å². The number of nitrogens with zero attached hydrogens (tertiary/aromatic N) is 2. The van der Waals surface area contributed by atoms with Gasteiger partial charge < -0.3 is 9.47 Å². The minimum absolute atomic E-state index is 0.113. The normalized spacial score (nSPS) is 20.3. The van der Waals surface area contributed by atoms with E-state index in [0.29, 0.717) is 17.8 Å². The lowest BCUT2D eigenvalue weighted by Gasteiger charge is -2.36. The Morgan fingerprint density at radius 3 is 2.69 bits per heavy atom. The van der Waals surface area contributed by atoms with E-state index in [1.807, 2.05) is 54.0 Å². The molecule has 1 aromatic carbocycles. The Bertz CT molecular complexity index is 1150. The van der Waals surface area contributed by atoms with Crippen molar-refractivity contribution in [3.63, 3.8) is 0 Å². The fourth-order valence-corrected chi connectivity index (χ4v) is 5.35. The van der Waals surface area contributed by atoms with E-state index in [1.54, 1.807) is 22.1 Å². The molecular weight excluding hydrogens is 460 g/mol. The molecule has 0 spiro atoms. The Morgan fingerprint density at radius 2 is 1.97 bits per heavy atom. The summed E-state index contributed by atoms with van der Waals surface area (Å²) in [6.45, 7) is 6.12. The van der Waals surface area contributed by atoms with Gasteiger partial charge in [-0.2, -0.15) is 5.10 Å². The molecule has 0 radical (unpaired) electrons. The zero-order chi connectivity index (χ0) is 24.8. The predicted octanol–water partition coefficient (Wildman–Crippen LogP) is 6.16. The fourth-order valence-electron chi connectivity index (χ4n) is 4.62. The molecule has 1 saturated carbocycles. The molecular formula is C28H32N2O4S. The Morgan fingerprint density at radius 1 is 1.17 bits per heavy atom. The maximum absolute atomic E-state index is 12.4. The SMILES string of the molecule is CC1CCC(C(C)C)C(OC(=O)COC(=O)/C=C/c2cn(-c3ccccc3)nc2-c2cccs2)C1. The minimum Gasteiger partial charge on any atom is -0.460 e. The smallest absolute Gasteiger partial charge is 0.344 e. The standard InChI is InChI=1S/C28H32N2O4S/c1-19(2)23-13-11-20(3)16-24(23)34-27(32)18-33-26(31)14-12-21-17-30(22-8-5-4-6-9-22)29-28(21)25-10-7-15-35-25/h4-10,12,14-15,17,19-20,23-24H,11,13,16,18H2,1-3H3/b14-12+. The van der Waals surface area contributed by atoms with Crippen molar-refractivity contribution in [1.29, 1.82) is 0 Å². The predicted molar refractivity (Wildman–Crippen MR) is 138 cm³/mol. The molecule has 1 fully saturated rings. The van der Waals surface area contributed by atoms with Crippen LogP contribution in [0.5, 0.6) is 0 Å². The van der Waals surface area contributed by atoms with Crippen LogP contribution in [0.2, 0.25) is 0 Å². The highest BCUT2D eigenvalue weighted by molar-refractivity contribution is 7.13. The summed E-state index contributed by atoms with van der Waals surface area (Å²) in [6.07, 6.45) is 7.84. The molecule has 184 valence electrons. The molecule has 0 saturated heterocycles. The summed E-state index contributed by atoms with van der Waals surface area (Å²) in [4.78, 5) is 25.8. The van der Waals surface area contributed by atoms with Gasteiger partial charge in [-0.3, -0.25) is 0 Å². The number of aromatic nitrogens is 2. The lowest BCUT2D eigenvalue weighted by atomic mass is 9.75. The van der Waals surface area contributed by atoms with E-state index < -0.39 is 11.9 Å². The molecule has 0 bridgehead atoms. The van der Waals surface area contributed by atoms with Crippen molar-refractivity contribution in [3.8, 4) is 16.3 Å². The van der Waals surface area contributed by atoms with Crippen LogP contribution >= 0.6 is 11.3 Å². The number of ether oxygens (including phenoxy) is 2. The first-order valence-corrected chi connectivity index (χ1v) is 13.0. The molecule has 6 nitrogen and oxygen atoms in total. The van der Waals surface area contributed by atoms with Crippen LogP contribution in [0.1, 0.15) is 45.6 Å². The highest BCUT2D eigenvalue weighted by Crippen LogP contribution is 2.35. The maximum Gasteiger partial charge on any atom is 0.344 e. The summed E-state index contributed by atoms with van der Waals surface area (Å²) < 4.78 is 12.7. The van der Waals surface area contributed by atoms with Crippen LogP contribution in [-0.2, 0) is 19.1 Å². The lowest BCUT2D eigenvalue weighted by Crippen LogP contribution is -2.36. The number of para-hydroxylation sites is 1. The third-order valence-corrected chi connectivity index (χ3v) is 7.37. The number of thiophene rings is 1. The van der Waals surface area contributed by atoms with Crippen molar-refractivity contribution < 1.29 is 19.1 Å². The number of carbonyl (C=O) groups excluding carboxylic acids is 2. The van der Waals surface area contributed by atoms with Gasteiger partial charge in [-0.05, 0) is 60.3 Å². The molecule has 0 amide bonds. The van der Waals surface area contributed by atoms with Gasteiger partial charge in [0.25, 0.3) is 0 Å². The van der Waals surface area contributed by atoms with Crippen molar-refractivity contribution >= 4 is 29.4 Å².